The fourth-order valence-corrected chi connectivity index (χ4v) is 3.17. The van der Waals surface area contributed by atoms with Crippen molar-refractivity contribution >= 4 is 0 Å². The average Bonchev–Trinajstić information content (AvgIpc) is 2.99. The van der Waals surface area contributed by atoms with E-state index in [1.54, 1.807) is 0 Å². The van der Waals surface area contributed by atoms with Gasteiger partial charge in [0.2, 0.25) is 0 Å². The first-order valence-corrected chi connectivity index (χ1v) is 8.44. The summed E-state index contributed by atoms with van der Waals surface area (Å²) in [4.78, 5) is 0. The van der Waals surface area contributed by atoms with Gasteiger partial charge in [-0.25, -0.2) is 0 Å². The molecule has 0 saturated heterocycles. The zero-order chi connectivity index (χ0) is 17.3. The minimum Gasteiger partial charge on any atom is -0.489 e. The SMILES string of the molecule is C=CCOc1c(C(C)(C)C)cc(C)cc1C(C)(C)C1=CCC=C1. The van der Waals surface area contributed by atoms with E-state index in [-0.39, 0.29) is 10.8 Å². The molecule has 124 valence electrons. The van der Waals surface area contributed by atoms with Crippen molar-refractivity contribution in [1.29, 1.82) is 0 Å². The van der Waals surface area contributed by atoms with Gasteiger partial charge in [-0.3, -0.25) is 0 Å². The Labute approximate surface area is 141 Å². The Hall–Kier alpha value is -1.76. The summed E-state index contributed by atoms with van der Waals surface area (Å²) >= 11 is 0. The van der Waals surface area contributed by atoms with Crippen molar-refractivity contribution in [2.24, 2.45) is 0 Å². The lowest BCUT2D eigenvalue weighted by Crippen LogP contribution is -2.23. The largest absolute Gasteiger partial charge is 0.489 e. The molecule has 1 aliphatic rings. The lowest BCUT2D eigenvalue weighted by atomic mass is 9.74. The zero-order valence-electron chi connectivity index (χ0n) is 15.5. The Morgan fingerprint density at radius 3 is 2.30 bits per heavy atom. The Bertz CT molecular complexity index is 651. The highest BCUT2D eigenvalue weighted by Crippen LogP contribution is 2.44. The molecule has 1 aromatic carbocycles. The smallest absolute Gasteiger partial charge is 0.127 e. The molecule has 0 amide bonds. The molecule has 0 radical (unpaired) electrons. The molecule has 0 N–H and O–H groups in total. The van der Waals surface area contributed by atoms with Crippen molar-refractivity contribution in [1.82, 2.24) is 0 Å². The van der Waals surface area contributed by atoms with E-state index in [9.17, 15) is 0 Å². The molecule has 23 heavy (non-hydrogen) atoms. The van der Waals surface area contributed by atoms with Crippen molar-refractivity contribution in [2.45, 2.75) is 58.8 Å². The lowest BCUT2D eigenvalue weighted by molar-refractivity contribution is 0.341. The van der Waals surface area contributed by atoms with Crippen molar-refractivity contribution in [2.75, 3.05) is 6.61 Å². The topological polar surface area (TPSA) is 9.23 Å². The molecule has 0 spiro atoms. The minimum atomic E-state index is -0.0739. The number of aryl methyl sites for hydroxylation is 1. The molecule has 1 aromatic rings. The highest BCUT2D eigenvalue weighted by atomic mass is 16.5. The van der Waals surface area contributed by atoms with Crippen molar-refractivity contribution < 1.29 is 4.74 Å². The first-order chi connectivity index (χ1) is 10.7. The summed E-state index contributed by atoms with van der Waals surface area (Å²) in [6, 6.07) is 4.54. The van der Waals surface area contributed by atoms with Crippen LogP contribution in [0.3, 0.4) is 0 Å². The van der Waals surface area contributed by atoms with E-state index in [2.05, 4.69) is 78.5 Å². The van der Waals surface area contributed by atoms with Crippen molar-refractivity contribution in [3.63, 3.8) is 0 Å². The minimum absolute atomic E-state index is 0.0350. The number of allylic oxidation sites excluding steroid dienone is 4. The third kappa shape index (κ3) is 3.60. The van der Waals surface area contributed by atoms with Gasteiger partial charge in [0.05, 0.1) is 0 Å². The number of benzene rings is 1. The van der Waals surface area contributed by atoms with Crippen LogP contribution in [0.5, 0.6) is 5.75 Å². The van der Waals surface area contributed by atoms with E-state index in [0.29, 0.717) is 6.61 Å². The van der Waals surface area contributed by atoms with Crippen LogP contribution in [-0.2, 0) is 10.8 Å². The predicted octanol–water partition coefficient (Wildman–Crippen LogP) is 6.02. The fraction of sp³-hybridized carbons (Fsp3) is 0.455. The normalized spacial score (nSPS) is 14.8. The van der Waals surface area contributed by atoms with Gasteiger partial charge in [0.1, 0.15) is 12.4 Å². The molecular weight excluding hydrogens is 280 g/mol. The van der Waals surface area contributed by atoms with Crippen molar-refractivity contribution in [3.8, 4) is 5.75 Å². The molecule has 0 aliphatic heterocycles. The zero-order valence-corrected chi connectivity index (χ0v) is 15.5. The third-order valence-electron chi connectivity index (χ3n) is 4.55. The summed E-state index contributed by atoms with van der Waals surface area (Å²) in [6.45, 7) is 17.8. The molecule has 0 heterocycles. The molecule has 1 aliphatic carbocycles. The summed E-state index contributed by atoms with van der Waals surface area (Å²) in [6.07, 6.45) is 9.63. The molecule has 1 nitrogen and oxygen atoms in total. The van der Waals surface area contributed by atoms with Crippen LogP contribution in [0.4, 0.5) is 0 Å². The average molecular weight is 310 g/mol. The van der Waals surface area contributed by atoms with Gasteiger partial charge in [-0.15, -0.1) is 0 Å². The maximum atomic E-state index is 6.18. The lowest BCUT2D eigenvalue weighted by Gasteiger charge is -2.33. The van der Waals surface area contributed by atoms with Gasteiger partial charge in [-0.05, 0) is 24.3 Å². The summed E-state index contributed by atoms with van der Waals surface area (Å²) in [5.74, 6) is 1.02. The summed E-state index contributed by atoms with van der Waals surface area (Å²) in [7, 11) is 0. The molecule has 0 atom stereocenters. The van der Waals surface area contributed by atoms with E-state index < -0.39 is 0 Å². The van der Waals surface area contributed by atoms with Gasteiger partial charge in [0, 0.05) is 16.5 Å². The maximum Gasteiger partial charge on any atom is 0.127 e. The molecular formula is C22H30O. The number of hydrogen-bond donors (Lipinski definition) is 0. The summed E-state index contributed by atoms with van der Waals surface area (Å²) in [5.41, 5.74) is 5.15. The molecule has 1 heteroatoms. The van der Waals surface area contributed by atoms with Crippen LogP contribution in [0.2, 0.25) is 0 Å². The number of ether oxygens (including phenoxy) is 1. The Morgan fingerprint density at radius 2 is 1.78 bits per heavy atom. The molecule has 0 bridgehead atoms. The Balaban J connectivity index is 2.68. The Morgan fingerprint density at radius 1 is 1.13 bits per heavy atom. The quantitative estimate of drug-likeness (QED) is 0.604. The molecule has 2 rings (SSSR count). The number of hydrogen-bond acceptors (Lipinski definition) is 1. The van der Waals surface area contributed by atoms with Crippen LogP contribution in [-0.4, -0.2) is 6.61 Å². The van der Waals surface area contributed by atoms with Crippen LogP contribution in [0.1, 0.15) is 57.7 Å². The second kappa shape index (κ2) is 6.39. The second-order valence-electron chi connectivity index (χ2n) is 7.96. The van der Waals surface area contributed by atoms with Gasteiger partial charge >= 0.3 is 0 Å². The van der Waals surface area contributed by atoms with Crippen LogP contribution in [0.25, 0.3) is 0 Å². The number of rotatable bonds is 5. The third-order valence-corrected chi connectivity index (χ3v) is 4.55. The maximum absolute atomic E-state index is 6.18. The highest BCUT2D eigenvalue weighted by molar-refractivity contribution is 5.55. The van der Waals surface area contributed by atoms with E-state index in [4.69, 9.17) is 4.74 Å². The van der Waals surface area contributed by atoms with E-state index >= 15 is 0 Å². The first-order valence-electron chi connectivity index (χ1n) is 8.44. The molecule has 0 aromatic heterocycles. The highest BCUT2D eigenvalue weighted by Gasteiger charge is 2.32. The van der Waals surface area contributed by atoms with Gasteiger partial charge in [0.25, 0.3) is 0 Å². The van der Waals surface area contributed by atoms with Crippen LogP contribution in [0, 0.1) is 6.92 Å². The molecule has 0 unspecified atom stereocenters. The van der Waals surface area contributed by atoms with Gasteiger partial charge in [-0.2, -0.15) is 0 Å². The predicted molar refractivity (Wildman–Crippen MR) is 100 cm³/mol. The van der Waals surface area contributed by atoms with E-state index in [0.717, 1.165) is 12.2 Å². The van der Waals surface area contributed by atoms with Crippen LogP contribution >= 0.6 is 0 Å². The first kappa shape index (κ1) is 17.6. The monoisotopic (exact) mass is 310 g/mol. The van der Waals surface area contributed by atoms with Crippen LogP contribution < -0.4 is 4.74 Å². The fourth-order valence-electron chi connectivity index (χ4n) is 3.17. The summed E-state index contributed by atoms with van der Waals surface area (Å²) in [5, 5.41) is 0. The van der Waals surface area contributed by atoms with Crippen LogP contribution in [0.15, 0.2) is 48.6 Å². The van der Waals surface area contributed by atoms with E-state index in [1.165, 1.54) is 22.3 Å². The molecule has 0 saturated carbocycles. The molecule has 0 fully saturated rings. The van der Waals surface area contributed by atoms with Gasteiger partial charge in [-0.1, -0.05) is 83.2 Å². The summed E-state index contributed by atoms with van der Waals surface area (Å²) < 4.78 is 6.18. The standard InChI is InChI=1S/C22H30O/c1-8-13-23-20-18(21(3,4)5)14-16(2)15-19(20)22(6,7)17-11-9-10-12-17/h8-9,11-12,14-15H,1,10,13H2,2-7H3. The van der Waals surface area contributed by atoms with Gasteiger partial charge < -0.3 is 4.74 Å². The van der Waals surface area contributed by atoms with Gasteiger partial charge in [0.15, 0.2) is 0 Å². The van der Waals surface area contributed by atoms with Crippen molar-refractivity contribution in [3.05, 3.63) is 65.3 Å². The second-order valence-corrected chi connectivity index (χ2v) is 7.96. The Kier molecular flexibility index (Phi) is 4.89. The van der Waals surface area contributed by atoms with E-state index in [1.807, 2.05) is 6.08 Å².